The summed E-state index contributed by atoms with van der Waals surface area (Å²) in [5.41, 5.74) is 17.8. The predicted molar refractivity (Wildman–Crippen MR) is 292 cm³/mol. The van der Waals surface area contributed by atoms with Crippen LogP contribution in [0.4, 0.5) is 22.7 Å². The number of fused-ring (bicyclic) bond motifs is 3. The van der Waals surface area contributed by atoms with E-state index in [2.05, 4.69) is 267 Å². The van der Waals surface area contributed by atoms with Gasteiger partial charge in [-0.3, -0.25) is 4.48 Å². The van der Waals surface area contributed by atoms with Gasteiger partial charge >= 0.3 is 0 Å². The fourth-order valence-corrected chi connectivity index (χ4v) is 11.6. The maximum absolute atomic E-state index is 5.16. The van der Waals surface area contributed by atoms with Gasteiger partial charge in [-0.05, 0) is 93.8 Å². The number of para-hydroxylation sites is 2. The Bertz CT molecular complexity index is 3590. The fraction of sp³-hybridized carbons (Fsp3) is 0.182. The van der Waals surface area contributed by atoms with Gasteiger partial charge in [-0.1, -0.05) is 180 Å². The van der Waals surface area contributed by atoms with Crippen LogP contribution in [0.15, 0.2) is 194 Å². The second-order valence-electron chi connectivity index (χ2n) is 21.8. The van der Waals surface area contributed by atoms with Crippen LogP contribution in [0.1, 0.15) is 86.1 Å². The van der Waals surface area contributed by atoms with Crippen molar-refractivity contribution in [2.75, 3.05) is 6.67 Å². The number of aryl methyl sites for hydroxylation is 2. The van der Waals surface area contributed by atoms with Crippen LogP contribution in [-0.2, 0) is 37.3 Å². The van der Waals surface area contributed by atoms with Crippen LogP contribution in [-0.4, -0.2) is 16.2 Å². The molecule has 2 bridgehead atoms. The summed E-state index contributed by atoms with van der Waals surface area (Å²) in [4.78, 5) is 5.16. The summed E-state index contributed by atoms with van der Waals surface area (Å²) in [5, 5.41) is 2.32. The van der Waals surface area contributed by atoms with Crippen LogP contribution in [0, 0.1) is 32.6 Å². The molecule has 0 saturated carbocycles. The van der Waals surface area contributed by atoms with Crippen molar-refractivity contribution >= 4 is 44.6 Å². The van der Waals surface area contributed by atoms with E-state index in [1.807, 2.05) is 6.20 Å². The summed E-state index contributed by atoms with van der Waals surface area (Å²) in [6.45, 7) is 21.8. The molecular formula is C66H59N4Pt-. The van der Waals surface area contributed by atoms with Gasteiger partial charge in [-0.15, -0.1) is 34.4 Å². The van der Waals surface area contributed by atoms with Crippen molar-refractivity contribution in [2.24, 2.45) is 0 Å². The Balaban J connectivity index is 0.00000547. The number of nitrogens with zero attached hydrogens (tertiary/aromatic N) is 4. The molecule has 0 unspecified atom stereocenters. The summed E-state index contributed by atoms with van der Waals surface area (Å²) in [6, 6.07) is 78.4. The molecular weight excluding hydrogens is 1040 g/mol. The van der Waals surface area contributed by atoms with Crippen LogP contribution < -0.4 is 8.97 Å². The minimum absolute atomic E-state index is 0. The molecule has 5 heterocycles. The van der Waals surface area contributed by atoms with E-state index < -0.39 is 5.41 Å². The first-order chi connectivity index (χ1) is 33.7. The van der Waals surface area contributed by atoms with E-state index >= 15 is 0 Å². The van der Waals surface area contributed by atoms with Crippen molar-refractivity contribution in [3.63, 3.8) is 0 Å². The Kier molecular flexibility index (Phi) is 11.2. The summed E-state index contributed by atoms with van der Waals surface area (Å²) in [5.74, 6) is 0.877. The van der Waals surface area contributed by atoms with E-state index in [1.54, 1.807) is 0 Å². The molecule has 2 atom stereocenters. The number of quaternary nitrogens is 2. The van der Waals surface area contributed by atoms with Crippen LogP contribution in [0.25, 0.3) is 38.8 Å². The predicted octanol–water partition coefficient (Wildman–Crippen LogP) is 16.4. The maximum Gasteiger partial charge on any atom is 0.184 e. The van der Waals surface area contributed by atoms with Crippen molar-refractivity contribution in [1.29, 1.82) is 0 Å². The van der Waals surface area contributed by atoms with Crippen molar-refractivity contribution in [1.82, 2.24) is 18.5 Å². The molecule has 8 aromatic carbocycles. The Morgan fingerprint density at radius 1 is 0.535 bits per heavy atom. The van der Waals surface area contributed by atoms with Crippen LogP contribution >= 0.6 is 0 Å². The first kappa shape index (κ1) is 46.7. The van der Waals surface area contributed by atoms with E-state index in [4.69, 9.17) is 4.98 Å². The zero-order valence-corrected chi connectivity index (χ0v) is 44.1. The number of hydrogen-bond acceptors (Lipinski definition) is 1. The topological polar surface area (TPSA) is 17.8 Å². The third kappa shape index (κ3) is 7.16. The van der Waals surface area contributed by atoms with E-state index in [9.17, 15) is 0 Å². The Morgan fingerprint density at radius 2 is 1.07 bits per heavy atom. The molecule has 3 aliphatic heterocycles. The molecule has 354 valence electrons. The normalized spacial score (nSPS) is 17.5. The average molecular weight is 1100 g/mol. The first-order valence-corrected chi connectivity index (χ1v) is 24.8. The third-order valence-electron chi connectivity index (χ3n) is 15.5. The number of aromatic nitrogens is 2. The molecule has 5 heteroatoms. The summed E-state index contributed by atoms with van der Waals surface area (Å²) < 4.78 is 3.66. The maximum atomic E-state index is 5.16. The molecule has 0 amide bonds. The van der Waals surface area contributed by atoms with Gasteiger partial charge in [0.25, 0.3) is 0 Å². The van der Waals surface area contributed by atoms with Gasteiger partial charge in [0, 0.05) is 56.0 Å². The molecule has 71 heavy (non-hydrogen) atoms. The Morgan fingerprint density at radius 3 is 1.68 bits per heavy atom. The third-order valence-corrected chi connectivity index (χ3v) is 15.5. The van der Waals surface area contributed by atoms with E-state index in [1.165, 1.54) is 39.3 Å². The van der Waals surface area contributed by atoms with Gasteiger partial charge in [0.15, 0.2) is 18.0 Å². The second-order valence-corrected chi connectivity index (χ2v) is 21.8. The molecule has 13 rings (SSSR count). The summed E-state index contributed by atoms with van der Waals surface area (Å²) in [6.07, 6.45) is 1.97. The Hall–Kier alpha value is -6.68. The monoisotopic (exact) mass is 1100 g/mol. The zero-order chi connectivity index (χ0) is 48.2. The molecule has 4 nitrogen and oxygen atoms in total. The van der Waals surface area contributed by atoms with Gasteiger partial charge in [-0.2, -0.15) is 18.2 Å². The molecule has 0 N–H and O–H groups in total. The number of hydrogen-bond donors (Lipinski definition) is 0. The second kappa shape index (κ2) is 17.0. The van der Waals surface area contributed by atoms with E-state index in [-0.39, 0.29) is 31.9 Å². The molecule has 1 fully saturated rings. The van der Waals surface area contributed by atoms with E-state index in [0.29, 0.717) is 8.97 Å². The van der Waals surface area contributed by atoms with E-state index in [0.717, 1.165) is 73.4 Å². The van der Waals surface area contributed by atoms with Crippen LogP contribution in [0.5, 0.6) is 0 Å². The average Bonchev–Trinajstić information content (AvgIpc) is 3.95. The van der Waals surface area contributed by atoms with Gasteiger partial charge in [-0.25, -0.2) is 4.98 Å². The molecule has 10 aromatic rings. The molecule has 2 aromatic heterocycles. The van der Waals surface area contributed by atoms with Gasteiger partial charge in [0.1, 0.15) is 11.5 Å². The Labute approximate surface area is 434 Å². The molecule has 1 saturated heterocycles. The number of benzene rings is 8. The summed E-state index contributed by atoms with van der Waals surface area (Å²) >= 11 is 0. The molecule has 3 aliphatic rings. The standard InChI is InChI=1S/C66H59N4.Pt/c1-45-35-60-61(36-46(45)2)70(43-69(60,44-70)54-29-19-12-20-30-54)55-38-51(65(6,7)8)37-52(39-55)66(48-25-15-10-16-26-48,49-27-17-11-18-28-49)53-40-57(47-23-13-9-14-24-47)63-56-31-21-22-32-58(56)68(59(63)41-53)62-42-50(33-34-67-62)64(3,4)5;/h9-38,40,42-43H,44H2,1-8H3;/q-1;/t69-,70+;/m0./s1. The fourth-order valence-electron chi connectivity index (χ4n) is 11.6. The number of rotatable bonds is 8. The van der Waals surface area contributed by atoms with Gasteiger partial charge in [0.2, 0.25) is 0 Å². The van der Waals surface area contributed by atoms with Crippen molar-refractivity contribution in [3.05, 3.63) is 258 Å². The minimum Gasteiger partial charge on any atom is -0.319 e. The summed E-state index contributed by atoms with van der Waals surface area (Å²) in [7, 11) is 0. The van der Waals surface area contributed by atoms with Crippen molar-refractivity contribution in [3.8, 4) is 16.9 Å². The van der Waals surface area contributed by atoms with Crippen LogP contribution in [0.3, 0.4) is 0 Å². The van der Waals surface area contributed by atoms with Crippen molar-refractivity contribution < 1.29 is 21.1 Å². The van der Waals surface area contributed by atoms with Crippen molar-refractivity contribution in [2.45, 2.75) is 71.6 Å². The minimum atomic E-state index is -0.890. The molecule has 0 aliphatic carbocycles. The SMILES string of the molecule is Cc1cc2c(cc1C)[N@+]1(c3[c-]c(C(c4[c-]c5c(c(-c6ccccc6)c4)c4ccccc4n5-c4cc(C(C)(C)C)ccn4)(c4ccccc4)c4ccccc4)cc(C(C)(C)C)c3)[CH-][N@@+]2(c2ccccc2)C1.[Pt]. The quantitative estimate of drug-likeness (QED) is 0.0842. The first-order valence-electron chi connectivity index (χ1n) is 24.8. The molecule has 0 radical (unpaired) electrons. The molecule has 0 spiro atoms. The smallest absolute Gasteiger partial charge is 0.184 e. The van der Waals surface area contributed by atoms with Crippen LogP contribution in [0.2, 0.25) is 0 Å². The van der Waals surface area contributed by atoms with Gasteiger partial charge < -0.3 is 9.05 Å². The van der Waals surface area contributed by atoms with Gasteiger partial charge in [0.05, 0.1) is 6.67 Å². The zero-order valence-electron chi connectivity index (χ0n) is 41.9. The largest absolute Gasteiger partial charge is 0.319 e. The number of pyridine rings is 1.